The Morgan fingerprint density at radius 2 is 1.59 bits per heavy atom. The molecule has 90 valence electrons. The highest BCUT2D eigenvalue weighted by molar-refractivity contribution is 5.64. The zero-order valence-corrected chi connectivity index (χ0v) is 10.9. The first-order valence-electron chi connectivity index (χ1n) is 6.16. The van der Waals surface area contributed by atoms with E-state index in [0.29, 0.717) is 11.8 Å². The topological polar surface area (TPSA) is 26.0 Å². The minimum absolute atomic E-state index is 0.373. The Kier molecular flexibility index (Phi) is 3.32. The lowest BCUT2D eigenvalue weighted by atomic mass is 9.93. The van der Waals surface area contributed by atoms with Gasteiger partial charge in [0.05, 0.1) is 0 Å². The van der Waals surface area contributed by atoms with Crippen LogP contribution >= 0.6 is 0 Å². The quantitative estimate of drug-likeness (QED) is 0.769. The lowest BCUT2D eigenvalue weighted by Crippen LogP contribution is -1.96. The molecule has 0 saturated heterocycles. The Morgan fingerprint density at radius 1 is 0.941 bits per heavy atom. The molecule has 17 heavy (non-hydrogen) atoms. The summed E-state index contributed by atoms with van der Waals surface area (Å²) in [6.07, 6.45) is 0. The summed E-state index contributed by atoms with van der Waals surface area (Å²) in [5.41, 5.74) is 3.36. The van der Waals surface area contributed by atoms with E-state index in [4.69, 9.17) is 4.52 Å². The highest BCUT2D eigenvalue weighted by atomic mass is 16.5. The molecule has 2 rings (SSSR count). The summed E-state index contributed by atoms with van der Waals surface area (Å²) in [4.78, 5) is 0. The van der Waals surface area contributed by atoms with Crippen molar-refractivity contribution in [3.05, 3.63) is 41.7 Å². The molecule has 2 heteroatoms. The van der Waals surface area contributed by atoms with Crippen molar-refractivity contribution in [2.75, 3.05) is 0 Å². The molecule has 0 radical (unpaired) electrons. The van der Waals surface area contributed by atoms with Gasteiger partial charge >= 0.3 is 0 Å². The lowest BCUT2D eigenvalue weighted by Gasteiger charge is -2.09. The van der Waals surface area contributed by atoms with E-state index in [1.807, 2.05) is 18.2 Å². The molecule has 0 atom stereocenters. The van der Waals surface area contributed by atoms with Crippen LogP contribution in [0.15, 0.2) is 34.9 Å². The fourth-order valence-corrected chi connectivity index (χ4v) is 2.09. The third-order valence-electron chi connectivity index (χ3n) is 2.90. The van der Waals surface area contributed by atoms with Gasteiger partial charge in [-0.25, -0.2) is 0 Å². The molecule has 0 amide bonds. The van der Waals surface area contributed by atoms with E-state index in [0.717, 1.165) is 17.0 Å². The predicted octanol–water partition coefficient (Wildman–Crippen LogP) is 4.59. The highest BCUT2D eigenvalue weighted by Crippen LogP contribution is 2.34. The summed E-state index contributed by atoms with van der Waals surface area (Å²) in [5, 5.41) is 4.25. The largest absolute Gasteiger partial charge is 0.360 e. The van der Waals surface area contributed by atoms with Crippen LogP contribution in [0.3, 0.4) is 0 Å². The minimum atomic E-state index is 0.373. The van der Waals surface area contributed by atoms with E-state index in [9.17, 15) is 0 Å². The molecule has 0 aliphatic rings. The van der Waals surface area contributed by atoms with Crippen LogP contribution < -0.4 is 0 Å². The number of hydrogen-bond donors (Lipinski definition) is 0. The summed E-state index contributed by atoms with van der Waals surface area (Å²) in [6, 6.07) is 10.2. The van der Waals surface area contributed by atoms with Crippen LogP contribution in [0.2, 0.25) is 0 Å². The second kappa shape index (κ2) is 4.74. The van der Waals surface area contributed by atoms with Crippen LogP contribution in [0.4, 0.5) is 0 Å². The fourth-order valence-electron chi connectivity index (χ4n) is 2.09. The van der Waals surface area contributed by atoms with Crippen molar-refractivity contribution in [3.63, 3.8) is 0 Å². The molecule has 2 nitrogen and oxygen atoms in total. The standard InChI is InChI=1S/C15H19NO/c1-10(2)13-14(12-8-6-5-7-9-12)16-17-15(13)11(3)4/h5-11H,1-4H3. The van der Waals surface area contributed by atoms with Gasteiger partial charge in [0.2, 0.25) is 0 Å². The molecule has 0 N–H and O–H groups in total. The Bertz CT molecular complexity index is 483. The maximum atomic E-state index is 5.52. The average Bonchev–Trinajstić information content (AvgIpc) is 2.74. The van der Waals surface area contributed by atoms with Gasteiger partial charge in [-0.15, -0.1) is 0 Å². The molecule has 0 unspecified atom stereocenters. The van der Waals surface area contributed by atoms with E-state index in [-0.39, 0.29) is 0 Å². The van der Waals surface area contributed by atoms with E-state index >= 15 is 0 Å². The van der Waals surface area contributed by atoms with E-state index in [1.54, 1.807) is 0 Å². The first-order chi connectivity index (χ1) is 8.11. The highest BCUT2D eigenvalue weighted by Gasteiger charge is 2.21. The van der Waals surface area contributed by atoms with Crippen molar-refractivity contribution in [2.45, 2.75) is 39.5 Å². The van der Waals surface area contributed by atoms with Crippen molar-refractivity contribution in [3.8, 4) is 11.3 Å². The second-order valence-electron chi connectivity index (χ2n) is 4.98. The average molecular weight is 229 g/mol. The molecule has 0 fully saturated rings. The third kappa shape index (κ3) is 2.26. The summed E-state index contributed by atoms with van der Waals surface area (Å²) < 4.78 is 5.52. The molecule has 0 spiro atoms. The number of aromatic nitrogens is 1. The number of rotatable bonds is 3. The second-order valence-corrected chi connectivity index (χ2v) is 4.98. The molecule has 0 bridgehead atoms. The number of nitrogens with zero attached hydrogens (tertiary/aromatic N) is 1. The Morgan fingerprint density at radius 3 is 2.12 bits per heavy atom. The number of hydrogen-bond acceptors (Lipinski definition) is 2. The SMILES string of the molecule is CC(C)c1onc(-c2ccccc2)c1C(C)C. The number of benzene rings is 1. The molecule has 1 aromatic carbocycles. The van der Waals surface area contributed by atoms with Crippen molar-refractivity contribution in [2.24, 2.45) is 0 Å². The van der Waals surface area contributed by atoms with Gasteiger partial charge in [-0.3, -0.25) is 0 Å². The zero-order valence-electron chi connectivity index (χ0n) is 10.9. The van der Waals surface area contributed by atoms with Crippen LogP contribution in [0, 0.1) is 0 Å². The molecule has 1 heterocycles. The Balaban J connectivity index is 2.56. The van der Waals surface area contributed by atoms with Crippen LogP contribution in [0.25, 0.3) is 11.3 Å². The van der Waals surface area contributed by atoms with Gasteiger partial charge in [-0.1, -0.05) is 63.2 Å². The van der Waals surface area contributed by atoms with Crippen LogP contribution in [0.1, 0.15) is 50.9 Å². The summed E-state index contributed by atoms with van der Waals surface area (Å²) in [7, 11) is 0. The normalized spacial score (nSPS) is 11.4. The van der Waals surface area contributed by atoms with Crippen molar-refractivity contribution in [1.29, 1.82) is 0 Å². The first kappa shape index (κ1) is 11.9. The Labute approximate surface area is 103 Å². The van der Waals surface area contributed by atoms with Crippen LogP contribution in [-0.2, 0) is 0 Å². The zero-order chi connectivity index (χ0) is 12.4. The van der Waals surface area contributed by atoms with E-state index in [2.05, 4.69) is 45.0 Å². The van der Waals surface area contributed by atoms with Gasteiger partial charge in [0.15, 0.2) is 0 Å². The molecule has 0 aliphatic carbocycles. The molecule has 1 aromatic heterocycles. The third-order valence-corrected chi connectivity index (χ3v) is 2.90. The van der Waals surface area contributed by atoms with Crippen molar-refractivity contribution in [1.82, 2.24) is 5.16 Å². The minimum Gasteiger partial charge on any atom is -0.360 e. The molecule has 0 saturated carbocycles. The van der Waals surface area contributed by atoms with Gasteiger partial charge < -0.3 is 4.52 Å². The van der Waals surface area contributed by atoms with Crippen LogP contribution in [-0.4, -0.2) is 5.16 Å². The summed E-state index contributed by atoms with van der Waals surface area (Å²) in [6.45, 7) is 8.65. The van der Waals surface area contributed by atoms with Crippen molar-refractivity contribution < 1.29 is 4.52 Å². The fraction of sp³-hybridized carbons (Fsp3) is 0.400. The summed E-state index contributed by atoms with van der Waals surface area (Å²) in [5.74, 6) is 1.81. The maximum Gasteiger partial charge on any atom is 0.143 e. The smallest absolute Gasteiger partial charge is 0.143 e. The Hall–Kier alpha value is -1.57. The predicted molar refractivity (Wildman–Crippen MR) is 70.1 cm³/mol. The molecular formula is C15H19NO. The van der Waals surface area contributed by atoms with Crippen molar-refractivity contribution >= 4 is 0 Å². The van der Waals surface area contributed by atoms with E-state index in [1.165, 1.54) is 5.56 Å². The summed E-state index contributed by atoms with van der Waals surface area (Å²) >= 11 is 0. The lowest BCUT2D eigenvalue weighted by molar-refractivity contribution is 0.370. The van der Waals surface area contributed by atoms with Gasteiger partial charge in [-0.2, -0.15) is 0 Å². The van der Waals surface area contributed by atoms with Crippen LogP contribution in [0.5, 0.6) is 0 Å². The monoisotopic (exact) mass is 229 g/mol. The van der Waals surface area contributed by atoms with Gasteiger partial charge in [0.1, 0.15) is 11.5 Å². The maximum absolute atomic E-state index is 5.52. The van der Waals surface area contributed by atoms with Gasteiger partial charge in [-0.05, 0) is 5.92 Å². The van der Waals surface area contributed by atoms with Gasteiger partial charge in [0, 0.05) is 17.0 Å². The molecule has 2 aromatic rings. The molecular weight excluding hydrogens is 210 g/mol. The van der Waals surface area contributed by atoms with Gasteiger partial charge in [0.25, 0.3) is 0 Å². The first-order valence-corrected chi connectivity index (χ1v) is 6.16. The molecule has 0 aliphatic heterocycles. The van der Waals surface area contributed by atoms with E-state index < -0.39 is 0 Å².